The van der Waals surface area contributed by atoms with Gasteiger partial charge >= 0.3 is 0 Å². The van der Waals surface area contributed by atoms with E-state index in [1.807, 2.05) is 19.9 Å². The summed E-state index contributed by atoms with van der Waals surface area (Å²) in [5.41, 5.74) is 1.22. The Labute approximate surface area is 223 Å². The molecule has 2 aromatic carbocycles. The molecule has 0 aromatic heterocycles. The summed E-state index contributed by atoms with van der Waals surface area (Å²) < 4.78 is 37.0. The molecule has 0 unspecified atom stereocenters. The van der Waals surface area contributed by atoms with Crippen molar-refractivity contribution in [1.82, 2.24) is 10.2 Å². The van der Waals surface area contributed by atoms with E-state index in [1.165, 1.54) is 9.21 Å². The average Bonchev–Trinajstić information content (AvgIpc) is 3.31. The Bertz CT molecular complexity index is 1220. The van der Waals surface area contributed by atoms with Gasteiger partial charge in [0.05, 0.1) is 11.9 Å². The summed E-state index contributed by atoms with van der Waals surface area (Å²) in [5.74, 6) is 0.513. The quantitative estimate of drug-likeness (QED) is 0.428. The fourth-order valence-electron chi connectivity index (χ4n) is 3.92. The van der Waals surface area contributed by atoms with Crippen LogP contribution in [0.3, 0.4) is 0 Å². The van der Waals surface area contributed by atoms with Crippen molar-refractivity contribution in [1.29, 1.82) is 0 Å². The summed E-state index contributed by atoms with van der Waals surface area (Å²) in [7, 11) is -3.62. The third kappa shape index (κ3) is 7.75. The number of rotatable bonds is 12. The number of sulfonamides is 1. The monoisotopic (exact) mass is 551 g/mol. The minimum atomic E-state index is -3.62. The van der Waals surface area contributed by atoms with E-state index in [4.69, 9.17) is 21.1 Å². The number of hydrogen-bond donors (Lipinski definition) is 1. The maximum absolute atomic E-state index is 13.4. The van der Waals surface area contributed by atoms with Gasteiger partial charge < -0.3 is 19.7 Å². The number of nitrogens with zero attached hydrogens (tertiary/aromatic N) is 2. The highest BCUT2D eigenvalue weighted by Gasteiger charge is 2.27. The molecule has 1 aliphatic heterocycles. The number of nitrogens with one attached hydrogen (secondary N) is 1. The highest BCUT2D eigenvalue weighted by molar-refractivity contribution is 7.92. The van der Waals surface area contributed by atoms with Crippen LogP contribution in [0.4, 0.5) is 5.69 Å². The Hall–Kier alpha value is -2.98. The topological polar surface area (TPSA) is 105 Å². The Balaban J connectivity index is 1.73. The van der Waals surface area contributed by atoms with Crippen LogP contribution in [-0.2, 0) is 26.2 Å². The van der Waals surface area contributed by atoms with E-state index in [0.29, 0.717) is 22.2 Å². The molecular weight excluding hydrogens is 518 g/mol. The van der Waals surface area contributed by atoms with E-state index in [0.717, 1.165) is 18.2 Å². The van der Waals surface area contributed by atoms with Crippen molar-refractivity contribution in [2.75, 3.05) is 23.9 Å². The zero-order valence-electron chi connectivity index (χ0n) is 21.6. The van der Waals surface area contributed by atoms with Crippen LogP contribution in [0.1, 0.15) is 45.6 Å². The lowest BCUT2D eigenvalue weighted by Crippen LogP contribution is -2.49. The van der Waals surface area contributed by atoms with Crippen molar-refractivity contribution in [3.05, 3.63) is 53.1 Å². The molecule has 3 rings (SSSR count). The van der Waals surface area contributed by atoms with Crippen LogP contribution in [0.5, 0.6) is 11.5 Å². The zero-order valence-corrected chi connectivity index (χ0v) is 23.1. The number of ether oxygens (including phenoxy) is 2. The lowest BCUT2D eigenvalue weighted by molar-refractivity contribution is -0.140. The van der Waals surface area contributed by atoms with Gasteiger partial charge in [-0.15, -0.1) is 0 Å². The third-order valence-electron chi connectivity index (χ3n) is 6.21. The van der Waals surface area contributed by atoms with E-state index in [9.17, 15) is 18.0 Å². The van der Waals surface area contributed by atoms with Gasteiger partial charge in [-0.25, -0.2) is 8.42 Å². The number of carbonyl (C=O) groups is 2. The van der Waals surface area contributed by atoms with Crippen LogP contribution in [0.25, 0.3) is 0 Å². The van der Waals surface area contributed by atoms with Crippen molar-refractivity contribution in [2.24, 2.45) is 0 Å². The summed E-state index contributed by atoms with van der Waals surface area (Å²) in [6.07, 6.45) is 2.19. The second-order valence-electron chi connectivity index (χ2n) is 9.12. The van der Waals surface area contributed by atoms with Gasteiger partial charge in [-0.1, -0.05) is 30.7 Å². The fraction of sp³-hybridized carbons (Fsp3) is 0.462. The van der Waals surface area contributed by atoms with Crippen LogP contribution in [0.2, 0.25) is 5.02 Å². The molecule has 0 bridgehead atoms. The molecule has 2 atom stereocenters. The molecule has 0 spiro atoms. The summed E-state index contributed by atoms with van der Waals surface area (Å²) in [4.78, 5) is 27.7. The lowest BCUT2D eigenvalue weighted by Gasteiger charge is -2.30. The van der Waals surface area contributed by atoms with Crippen molar-refractivity contribution in [3.8, 4) is 11.5 Å². The van der Waals surface area contributed by atoms with Crippen molar-refractivity contribution in [2.45, 2.75) is 58.7 Å². The van der Waals surface area contributed by atoms with Gasteiger partial charge in [0.2, 0.25) is 28.6 Å². The molecule has 37 heavy (non-hydrogen) atoms. The Kier molecular flexibility index (Phi) is 9.67. The number of amides is 2. The molecule has 1 N–H and O–H groups in total. The van der Waals surface area contributed by atoms with Gasteiger partial charge in [-0.05, 0) is 56.5 Å². The smallest absolute Gasteiger partial charge is 0.242 e. The third-order valence-corrected chi connectivity index (χ3v) is 7.64. The Morgan fingerprint density at radius 3 is 2.51 bits per heavy atom. The molecule has 9 nitrogen and oxygen atoms in total. The van der Waals surface area contributed by atoms with Gasteiger partial charge in [-0.3, -0.25) is 13.9 Å². The molecule has 0 fully saturated rings. The molecule has 0 aliphatic carbocycles. The molecule has 2 aromatic rings. The fourth-order valence-corrected chi connectivity index (χ4v) is 5.09. The first-order chi connectivity index (χ1) is 17.5. The minimum absolute atomic E-state index is 0.0249. The van der Waals surface area contributed by atoms with Gasteiger partial charge in [-0.2, -0.15) is 0 Å². The number of fused-ring (bicyclic) bond motifs is 1. The maximum atomic E-state index is 13.4. The molecule has 2 amide bonds. The summed E-state index contributed by atoms with van der Waals surface area (Å²) in [6, 6.07) is 11.3. The number of benzene rings is 2. The Morgan fingerprint density at radius 1 is 1.11 bits per heavy atom. The van der Waals surface area contributed by atoms with Crippen LogP contribution in [0, 0.1) is 0 Å². The number of hydrogen-bond acceptors (Lipinski definition) is 6. The molecule has 0 saturated heterocycles. The van der Waals surface area contributed by atoms with E-state index < -0.39 is 16.1 Å². The van der Waals surface area contributed by atoms with E-state index in [-0.39, 0.29) is 50.6 Å². The second-order valence-corrected chi connectivity index (χ2v) is 11.5. The largest absolute Gasteiger partial charge is 0.454 e. The predicted octanol–water partition coefficient (Wildman–Crippen LogP) is 3.95. The molecule has 202 valence electrons. The SMILES string of the molecule is CC[C@@H](C)NC(=O)[C@@H](C)N(Cc1cccc(Cl)c1)C(=O)CCCN(c1ccc2c(c1)OCO2)S(C)(=O)=O. The first-order valence-electron chi connectivity index (χ1n) is 12.2. The van der Waals surface area contributed by atoms with Gasteiger partial charge in [0.25, 0.3) is 0 Å². The highest BCUT2D eigenvalue weighted by Crippen LogP contribution is 2.36. The first-order valence-corrected chi connectivity index (χ1v) is 14.4. The Morgan fingerprint density at radius 2 is 1.84 bits per heavy atom. The van der Waals surface area contributed by atoms with Crippen LogP contribution >= 0.6 is 11.6 Å². The lowest BCUT2D eigenvalue weighted by atomic mass is 10.1. The normalized spacial score (nSPS) is 14.1. The van der Waals surface area contributed by atoms with Gasteiger partial charge in [0.1, 0.15) is 6.04 Å². The predicted molar refractivity (Wildman–Crippen MR) is 143 cm³/mol. The van der Waals surface area contributed by atoms with E-state index >= 15 is 0 Å². The molecular formula is C26H34ClN3O6S. The van der Waals surface area contributed by atoms with Crippen molar-refractivity contribution >= 4 is 39.1 Å². The van der Waals surface area contributed by atoms with Gasteiger partial charge in [0.15, 0.2) is 11.5 Å². The maximum Gasteiger partial charge on any atom is 0.242 e. The summed E-state index contributed by atoms with van der Waals surface area (Å²) in [5, 5.41) is 3.47. The molecule has 1 heterocycles. The van der Waals surface area contributed by atoms with Crippen molar-refractivity contribution in [3.63, 3.8) is 0 Å². The minimum Gasteiger partial charge on any atom is -0.454 e. The number of anilines is 1. The zero-order chi connectivity index (χ0) is 27.2. The molecule has 0 radical (unpaired) electrons. The average molecular weight is 552 g/mol. The first kappa shape index (κ1) is 28.6. The van der Waals surface area contributed by atoms with E-state index in [2.05, 4.69) is 5.32 Å². The standard InChI is InChI=1S/C26H34ClN3O6S/c1-5-18(2)28-26(32)19(3)29(16-20-8-6-9-21(27)14-20)25(31)10-7-13-30(37(4,33)34)22-11-12-23-24(15-22)36-17-35-23/h6,8-9,11-12,14-15,18-19H,5,7,10,13,16-17H2,1-4H3,(H,28,32)/t18-,19-/m1/s1. The van der Waals surface area contributed by atoms with Crippen LogP contribution < -0.4 is 19.1 Å². The number of halogens is 1. The molecule has 1 aliphatic rings. The molecule has 0 saturated carbocycles. The van der Waals surface area contributed by atoms with Gasteiger partial charge in [0, 0.05) is 36.6 Å². The van der Waals surface area contributed by atoms with Crippen molar-refractivity contribution < 1.29 is 27.5 Å². The van der Waals surface area contributed by atoms with E-state index in [1.54, 1.807) is 43.3 Å². The van der Waals surface area contributed by atoms with Crippen LogP contribution in [-0.4, -0.2) is 56.8 Å². The number of carbonyl (C=O) groups excluding carboxylic acids is 2. The summed E-state index contributed by atoms with van der Waals surface area (Å²) in [6.45, 7) is 5.93. The second kappa shape index (κ2) is 12.5. The summed E-state index contributed by atoms with van der Waals surface area (Å²) >= 11 is 6.13. The molecule has 11 heteroatoms. The van der Waals surface area contributed by atoms with Crippen LogP contribution in [0.15, 0.2) is 42.5 Å². The highest BCUT2D eigenvalue weighted by atomic mass is 35.5.